The standard InChI is InChI=1S/C17H18F2N4OS/c18-15(19)10-25-17-22-21-16(23(17)9-11-4-3-7-24-11)13-8-20-14-6-2-1-5-12(13)14/h1-2,5-6,8,11,15,20H,3-4,7,9-10H2. The second-order valence-electron chi connectivity index (χ2n) is 6.00. The van der Waals surface area contributed by atoms with Crippen LogP contribution in [0, 0.1) is 0 Å². The van der Waals surface area contributed by atoms with Gasteiger partial charge in [-0.1, -0.05) is 30.0 Å². The van der Waals surface area contributed by atoms with Crippen LogP contribution in [0.15, 0.2) is 35.6 Å². The molecule has 0 bridgehead atoms. The second kappa shape index (κ2) is 7.13. The number of nitrogens with one attached hydrogen (secondary N) is 1. The Labute approximate surface area is 147 Å². The highest BCUT2D eigenvalue weighted by atomic mass is 32.2. The van der Waals surface area contributed by atoms with Gasteiger partial charge >= 0.3 is 0 Å². The third-order valence-electron chi connectivity index (χ3n) is 4.30. The second-order valence-corrected chi connectivity index (χ2v) is 6.99. The number of para-hydroxylation sites is 1. The summed E-state index contributed by atoms with van der Waals surface area (Å²) in [5.74, 6) is 0.391. The van der Waals surface area contributed by atoms with E-state index < -0.39 is 6.43 Å². The van der Waals surface area contributed by atoms with Gasteiger partial charge in [0, 0.05) is 29.3 Å². The Hall–Kier alpha value is -1.93. The summed E-state index contributed by atoms with van der Waals surface area (Å²) >= 11 is 1.04. The van der Waals surface area contributed by atoms with Crippen molar-refractivity contribution in [2.75, 3.05) is 12.4 Å². The Morgan fingerprint density at radius 3 is 3.00 bits per heavy atom. The van der Waals surface area contributed by atoms with E-state index in [1.165, 1.54) is 0 Å². The van der Waals surface area contributed by atoms with Crippen molar-refractivity contribution in [2.24, 2.45) is 0 Å². The number of alkyl halides is 2. The van der Waals surface area contributed by atoms with Crippen LogP contribution in [0.25, 0.3) is 22.3 Å². The fourth-order valence-corrected chi connectivity index (χ4v) is 3.84. The van der Waals surface area contributed by atoms with E-state index in [-0.39, 0.29) is 11.9 Å². The number of hydrogen-bond donors (Lipinski definition) is 1. The molecule has 3 heterocycles. The van der Waals surface area contributed by atoms with E-state index in [0.717, 1.165) is 47.7 Å². The molecule has 1 unspecified atom stereocenters. The molecule has 132 valence electrons. The summed E-state index contributed by atoms with van der Waals surface area (Å²) in [6.07, 6.45) is 1.57. The molecule has 1 aromatic carbocycles. The van der Waals surface area contributed by atoms with Gasteiger partial charge in [0.05, 0.1) is 18.4 Å². The molecular weight excluding hydrogens is 346 g/mol. The number of benzene rings is 1. The quantitative estimate of drug-likeness (QED) is 0.673. The van der Waals surface area contributed by atoms with Crippen molar-refractivity contribution in [1.82, 2.24) is 19.7 Å². The van der Waals surface area contributed by atoms with Crippen LogP contribution in [0.2, 0.25) is 0 Å². The van der Waals surface area contributed by atoms with Crippen molar-refractivity contribution < 1.29 is 13.5 Å². The van der Waals surface area contributed by atoms with Crippen LogP contribution in [0.5, 0.6) is 0 Å². The molecule has 0 aliphatic carbocycles. The molecule has 1 aliphatic rings. The number of hydrogen-bond acceptors (Lipinski definition) is 4. The van der Waals surface area contributed by atoms with Crippen LogP contribution >= 0.6 is 11.8 Å². The summed E-state index contributed by atoms with van der Waals surface area (Å²) in [6, 6.07) is 7.93. The number of nitrogens with zero attached hydrogens (tertiary/aromatic N) is 3. The summed E-state index contributed by atoms with van der Waals surface area (Å²) < 4.78 is 32.9. The maximum absolute atomic E-state index is 12.6. The van der Waals surface area contributed by atoms with Gasteiger partial charge in [0.1, 0.15) is 0 Å². The molecule has 1 saturated heterocycles. The number of thioether (sulfide) groups is 1. The van der Waals surface area contributed by atoms with E-state index in [4.69, 9.17) is 4.74 Å². The van der Waals surface area contributed by atoms with E-state index in [9.17, 15) is 8.78 Å². The number of fused-ring (bicyclic) bond motifs is 1. The first kappa shape index (κ1) is 16.5. The van der Waals surface area contributed by atoms with Crippen LogP contribution in [-0.4, -0.2) is 44.6 Å². The Kier molecular flexibility index (Phi) is 4.72. The van der Waals surface area contributed by atoms with E-state index >= 15 is 0 Å². The molecule has 0 saturated carbocycles. The average Bonchev–Trinajstić information content (AvgIpc) is 3.33. The summed E-state index contributed by atoms with van der Waals surface area (Å²) in [5.41, 5.74) is 1.93. The lowest BCUT2D eigenvalue weighted by atomic mass is 10.1. The fourth-order valence-electron chi connectivity index (χ4n) is 3.15. The molecule has 1 fully saturated rings. The summed E-state index contributed by atoms with van der Waals surface area (Å²) in [6.45, 7) is 1.32. The Bertz CT molecular complexity index is 857. The van der Waals surface area contributed by atoms with Crippen LogP contribution in [0.3, 0.4) is 0 Å². The van der Waals surface area contributed by atoms with Crippen molar-refractivity contribution in [1.29, 1.82) is 0 Å². The number of H-pyrrole nitrogens is 1. The summed E-state index contributed by atoms with van der Waals surface area (Å²) in [5, 5.41) is 10.0. The van der Waals surface area contributed by atoms with Gasteiger partial charge in [-0.05, 0) is 18.9 Å². The summed E-state index contributed by atoms with van der Waals surface area (Å²) in [4.78, 5) is 3.23. The molecule has 3 aromatic rings. The van der Waals surface area contributed by atoms with Crippen molar-refractivity contribution in [2.45, 2.75) is 37.1 Å². The SMILES string of the molecule is FC(F)CSc1nnc(-c2c[nH]c3ccccc23)n1CC1CCCO1. The predicted molar refractivity (Wildman–Crippen MR) is 93.0 cm³/mol. The average molecular weight is 364 g/mol. The van der Waals surface area contributed by atoms with E-state index in [0.29, 0.717) is 17.5 Å². The third kappa shape index (κ3) is 3.41. The molecule has 1 atom stereocenters. The van der Waals surface area contributed by atoms with Gasteiger partial charge in [0.25, 0.3) is 0 Å². The van der Waals surface area contributed by atoms with Crippen LogP contribution in [0.4, 0.5) is 8.78 Å². The molecule has 25 heavy (non-hydrogen) atoms. The minimum atomic E-state index is -2.38. The van der Waals surface area contributed by atoms with Gasteiger partial charge in [-0.3, -0.25) is 4.57 Å². The van der Waals surface area contributed by atoms with Gasteiger partial charge in [0.2, 0.25) is 6.43 Å². The number of aromatic nitrogens is 4. The van der Waals surface area contributed by atoms with Crippen LogP contribution in [-0.2, 0) is 11.3 Å². The van der Waals surface area contributed by atoms with Crippen LogP contribution < -0.4 is 0 Å². The smallest absolute Gasteiger partial charge is 0.248 e. The molecule has 0 amide bonds. The first-order valence-corrected chi connectivity index (χ1v) is 9.23. The largest absolute Gasteiger partial charge is 0.376 e. The lowest BCUT2D eigenvalue weighted by Gasteiger charge is -2.14. The highest BCUT2D eigenvalue weighted by molar-refractivity contribution is 7.99. The lowest BCUT2D eigenvalue weighted by molar-refractivity contribution is 0.0953. The van der Waals surface area contributed by atoms with Gasteiger partial charge in [-0.2, -0.15) is 0 Å². The highest BCUT2D eigenvalue weighted by Crippen LogP contribution is 2.31. The maximum atomic E-state index is 12.6. The van der Waals surface area contributed by atoms with E-state index in [2.05, 4.69) is 15.2 Å². The minimum absolute atomic E-state index is 0.0749. The Morgan fingerprint density at radius 1 is 1.32 bits per heavy atom. The van der Waals surface area contributed by atoms with Gasteiger partial charge in [-0.25, -0.2) is 8.78 Å². The molecule has 0 spiro atoms. The van der Waals surface area contributed by atoms with Gasteiger partial charge < -0.3 is 9.72 Å². The first-order chi connectivity index (χ1) is 12.2. The van der Waals surface area contributed by atoms with Crippen molar-refractivity contribution in [3.05, 3.63) is 30.5 Å². The van der Waals surface area contributed by atoms with Crippen LogP contribution in [0.1, 0.15) is 12.8 Å². The lowest BCUT2D eigenvalue weighted by Crippen LogP contribution is -2.17. The predicted octanol–water partition coefficient (Wildman–Crippen LogP) is 3.96. The molecular formula is C17H18F2N4OS. The summed E-state index contributed by atoms with van der Waals surface area (Å²) in [7, 11) is 0. The maximum Gasteiger partial charge on any atom is 0.248 e. The van der Waals surface area contributed by atoms with E-state index in [1.807, 2.05) is 35.0 Å². The number of rotatable bonds is 6. The third-order valence-corrected chi connectivity index (χ3v) is 5.27. The van der Waals surface area contributed by atoms with Crippen molar-refractivity contribution >= 4 is 22.7 Å². The zero-order chi connectivity index (χ0) is 17.2. The highest BCUT2D eigenvalue weighted by Gasteiger charge is 2.23. The van der Waals surface area contributed by atoms with Gasteiger partial charge in [-0.15, -0.1) is 10.2 Å². The molecule has 2 aromatic heterocycles. The molecule has 1 N–H and O–H groups in total. The van der Waals surface area contributed by atoms with E-state index in [1.54, 1.807) is 0 Å². The zero-order valence-electron chi connectivity index (χ0n) is 13.5. The Morgan fingerprint density at radius 2 is 2.20 bits per heavy atom. The molecule has 1 aliphatic heterocycles. The number of aromatic amines is 1. The van der Waals surface area contributed by atoms with Crippen molar-refractivity contribution in [3.63, 3.8) is 0 Å². The Balaban J connectivity index is 1.72. The van der Waals surface area contributed by atoms with Gasteiger partial charge in [0.15, 0.2) is 11.0 Å². The molecule has 5 nitrogen and oxygen atoms in total. The first-order valence-electron chi connectivity index (χ1n) is 8.24. The fraction of sp³-hybridized carbons (Fsp3) is 0.412. The molecule has 4 rings (SSSR count). The minimum Gasteiger partial charge on any atom is -0.376 e. The topological polar surface area (TPSA) is 55.7 Å². The monoisotopic (exact) mass is 364 g/mol. The molecule has 0 radical (unpaired) electrons. The molecule has 8 heteroatoms. The number of ether oxygens (including phenoxy) is 1. The zero-order valence-corrected chi connectivity index (χ0v) is 14.3. The normalized spacial score (nSPS) is 17.8. The number of halogens is 2. The van der Waals surface area contributed by atoms with Crippen molar-refractivity contribution in [3.8, 4) is 11.4 Å².